The summed E-state index contributed by atoms with van der Waals surface area (Å²) in [6.07, 6.45) is 6.48. The highest BCUT2D eigenvalue weighted by molar-refractivity contribution is 6.08. The van der Waals surface area contributed by atoms with Crippen molar-refractivity contribution in [3.05, 3.63) is 149 Å². The SMILES string of the molecule is O=C1[C@@H]2[C@@H]3C(C(O)(c4ccccc4)c4ccccn4)=C[C@@H](C3=C(c3ccccc3)c3ccccn3)[C@@H]2C(=O)N1CCCCO. The summed E-state index contributed by atoms with van der Waals surface area (Å²) in [4.78, 5) is 39.0. The average molecular weight is 584 g/mol. The first-order chi connectivity index (χ1) is 21.6. The van der Waals surface area contributed by atoms with E-state index in [9.17, 15) is 19.8 Å². The highest BCUT2D eigenvalue weighted by atomic mass is 16.3. The Morgan fingerprint density at radius 2 is 1.43 bits per heavy atom. The zero-order valence-electron chi connectivity index (χ0n) is 24.2. The minimum absolute atomic E-state index is 0.00557. The van der Waals surface area contributed by atoms with Crippen LogP contribution in [0, 0.1) is 23.7 Å². The number of aliphatic hydroxyl groups excluding tert-OH is 1. The molecule has 2 aromatic heterocycles. The third kappa shape index (κ3) is 4.34. The molecule has 7 rings (SSSR count). The number of hydrogen-bond acceptors (Lipinski definition) is 6. The molecule has 3 aliphatic rings. The Kier molecular flexibility index (Phi) is 7.28. The summed E-state index contributed by atoms with van der Waals surface area (Å²) < 4.78 is 0. The second kappa shape index (κ2) is 11.4. The van der Waals surface area contributed by atoms with Gasteiger partial charge < -0.3 is 10.2 Å². The van der Waals surface area contributed by atoms with Crippen molar-refractivity contribution in [3.8, 4) is 0 Å². The summed E-state index contributed by atoms with van der Waals surface area (Å²) in [6.45, 7) is 0.277. The van der Waals surface area contributed by atoms with Gasteiger partial charge in [-0.25, -0.2) is 0 Å². The molecule has 0 spiro atoms. The molecule has 7 nitrogen and oxygen atoms in total. The lowest BCUT2D eigenvalue weighted by Gasteiger charge is -2.36. The molecule has 2 aromatic carbocycles. The number of amides is 2. The van der Waals surface area contributed by atoms with Crippen LogP contribution in [-0.4, -0.2) is 50.0 Å². The van der Waals surface area contributed by atoms with Crippen LogP contribution in [0.1, 0.15) is 35.4 Å². The second-order valence-electron chi connectivity index (χ2n) is 11.6. The number of pyridine rings is 2. The number of hydrogen-bond donors (Lipinski definition) is 2. The highest BCUT2D eigenvalue weighted by Gasteiger charge is 2.66. The minimum Gasteiger partial charge on any atom is -0.396 e. The molecule has 1 unspecified atom stereocenters. The van der Waals surface area contributed by atoms with E-state index in [1.165, 1.54) is 4.90 Å². The molecule has 1 aliphatic heterocycles. The fourth-order valence-corrected chi connectivity index (χ4v) is 7.51. The van der Waals surface area contributed by atoms with E-state index in [0.29, 0.717) is 29.7 Å². The van der Waals surface area contributed by atoms with Gasteiger partial charge in [0.15, 0.2) is 5.60 Å². The fourth-order valence-electron chi connectivity index (χ4n) is 7.51. The molecule has 44 heavy (non-hydrogen) atoms. The van der Waals surface area contributed by atoms with Gasteiger partial charge in [0, 0.05) is 43.0 Å². The summed E-state index contributed by atoms with van der Waals surface area (Å²) in [5.41, 5.74) is 3.61. The van der Waals surface area contributed by atoms with Crippen molar-refractivity contribution < 1.29 is 19.8 Å². The molecular weight excluding hydrogens is 550 g/mol. The third-order valence-electron chi connectivity index (χ3n) is 9.33. The van der Waals surface area contributed by atoms with Gasteiger partial charge >= 0.3 is 0 Å². The van der Waals surface area contributed by atoms with Gasteiger partial charge in [-0.15, -0.1) is 0 Å². The first-order valence-corrected chi connectivity index (χ1v) is 15.1. The van der Waals surface area contributed by atoms with E-state index in [4.69, 9.17) is 4.98 Å². The van der Waals surface area contributed by atoms with E-state index < -0.39 is 29.3 Å². The van der Waals surface area contributed by atoms with E-state index in [0.717, 1.165) is 22.4 Å². The summed E-state index contributed by atoms with van der Waals surface area (Å²) >= 11 is 0. The van der Waals surface area contributed by atoms with Crippen molar-refractivity contribution in [2.24, 2.45) is 23.7 Å². The van der Waals surface area contributed by atoms with Crippen LogP contribution in [0.15, 0.2) is 127 Å². The summed E-state index contributed by atoms with van der Waals surface area (Å²) in [5.74, 6) is -2.64. The average Bonchev–Trinajstić information content (AvgIpc) is 3.69. The lowest BCUT2D eigenvalue weighted by Crippen LogP contribution is -2.38. The molecule has 1 saturated heterocycles. The van der Waals surface area contributed by atoms with Crippen molar-refractivity contribution in [2.75, 3.05) is 13.2 Å². The molecule has 2 N–H and O–H groups in total. The zero-order valence-corrected chi connectivity index (χ0v) is 24.2. The van der Waals surface area contributed by atoms with Crippen LogP contribution >= 0.6 is 0 Å². The Morgan fingerprint density at radius 3 is 2.09 bits per heavy atom. The van der Waals surface area contributed by atoms with E-state index in [-0.39, 0.29) is 25.0 Å². The first kappa shape index (κ1) is 28.1. The standard InChI is InChI=1S/C37H33N3O4/c41-22-12-11-21-40-35(42)32-26-23-27(37(44,25-15-5-2-6-16-25)29-18-8-10-20-39-29)33(34(32)36(40)43)31(26)30(24-13-3-1-4-14-24)28-17-7-9-19-38-28/h1-10,13-20,23,26,32-34,41,44H,11-12,21-22H2/t26-,32-,33+,34-,37?/m0/s1. The predicted molar refractivity (Wildman–Crippen MR) is 165 cm³/mol. The first-order valence-electron chi connectivity index (χ1n) is 15.1. The Morgan fingerprint density at radius 1 is 0.773 bits per heavy atom. The molecule has 0 radical (unpaired) electrons. The molecule has 2 amide bonds. The monoisotopic (exact) mass is 583 g/mol. The predicted octanol–water partition coefficient (Wildman–Crippen LogP) is 4.77. The summed E-state index contributed by atoms with van der Waals surface area (Å²) in [7, 11) is 0. The van der Waals surface area contributed by atoms with Crippen LogP contribution in [-0.2, 0) is 15.2 Å². The number of nitrogens with zero attached hydrogens (tertiary/aromatic N) is 3. The van der Waals surface area contributed by atoms with Crippen LogP contribution in [0.5, 0.6) is 0 Å². The molecule has 4 aromatic rings. The molecule has 2 bridgehead atoms. The number of rotatable bonds is 9. The van der Waals surface area contributed by atoms with E-state index in [2.05, 4.69) is 4.98 Å². The van der Waals surface area contributed by atoms with Crippen molar-refractivity contribution in [1.29, 1.82) is 0 Å². The largest absolute Gasteiger partial charge is 0.396 e. The maximum atomic E-state index is 14.2. The van der Waals surface area contributed by atoms with E-state index >= 15 is 0 Å². The Bertz CT molecular complexity index is 1660. The number of benzene rings is 2. The van der Waals surface area contributed by atoms with Crippen molar-refractivity contribution >= 4 is 17.4 Å². The van der Waals surface area contributed by atoms with Gasteiger partial charge in [-0.2, -0.15) is 0 Å². The van der Waals surface area contributed by atoms with E-state index in [1.54, 1.807) is 18.5 Å². The number of imide groups is 1. The number of likely N-dealkylation sites (tertiary alicyclic amines) is 1. The Labute approximate surface area is 256 Å². The third-order valence-corrected chi connectivity index (χ3v) is 9.33. The van der Waals surface area contributed by atoms with Gasteiger partial charge in [0.25, 0.3) is 0 Å². The molecule has 3 heterocycles. The molecule has 2 aliphatic carbocycles. The number of carbonyl (C=O) groups is 2. The lowest BCUT2D eigenvalue weighted by atomic mass is 9.71. The molecule has 220 valence electrons. The number of aromatic nitrogens is 2. The Balaban J connectivity index is 1.47. The number of unbranched alkanes of at least 4 members (excludes halogenated alkanes) is 1. The molecule has 7 heteroatoms. The highest BCUT2D eigenvalue weighted by Crippen LogP contribution is 2.64. The van der Waals surface area contributed by atoms with Gasteiger partial charge in [-0.3, -0.25) is 24.5 Å². The second-order valence-corrected chi connectivity index (χ2v) is 11.6. The number of fused-ring (bicyclic) bond motifs is 5. The van der Waals surface area contributed by atoms with Crippen LogP contribution in [0.3, 0.4) is 0 Å². The van der Waals surface area contributed by atoms with Gasteiger partial charge in [-0.1, -0.05) is 78.9 Å². The van der Waals surface area contributed by atoms with Crippen LogP contribution in [0.4, 0.5) is 0 Å². The van der Waals surface area contributed by atoms with Crippen molar-refractivity contribution in [2.45, 2.75) is 18.4 Å². The maximum Gasteiger partial charge on any atom is 0.234 e. The number of allylic oxidation sites excluding steroid dienone is 2. The molecule has 2 fully saturated rings. The topological polar surface area (TPSA) is 104 Å². The quantitative estimate of drug-likeness (QED) is 0.167. The lowest BCUT2D eigenvalue weighted by molar-refractivity contribution is -0.140. The van der Waals surface area contributed by atoms with Gasteiger partial charge in [0.2, 0.25) is 11.8 Å². The number of aliphatic hydroxyl groups is 2. The van der Waals surface area contributed by atoms with Crippen LogP contribution < -0.4 is 0 Å². The van der Waals surface area contributed by atoms with E-state index in [1.807, 2.05) is 97.1 Å². The van der Waals surface area contributed by atoms with Crippen LogP contribution in [0.25, 0.3) is 5.57 Å². The summed E-state index contributed by atoms with van der Waals surface area (Å²) in [6, 6.07) is 30.6. The van der Waals surface area contributed by atoms with Crippen LogP contribution in [0.2, 0.25) is 0 Å². The normalized spacial score (nSPS) is 24.7. The fraction of sp³-hybridized carbons (Fsp3) is 0.243. The van der Waals surface area contributed by atoms with Gasteiger partial charge in [0.05, 0.1) is 23.2 Å². The Hall–Kier alpha value is -4.72. The zero-order chi connectivity index (χ0) is 30.3. The van der Waals surface area contributed by atoms with Crippen molar-refractivity contribution in [3.63, 3.8) is 0 Å². The van der Waals surface area contributed by atoms with Crippen molar-refractivity contribution in [1.82, 2.24) is 14.9 Å². The smallest absolute Gasteiger partial charge is 0.234 e. The van der Waals surface area contributed by atoms with Gasteiger partial charge in [-0.05, 0) is 59.4 Å². The summed E-state index contributed by atoms with van der Waals surface area (Å²) in [5, 5.41) is 22.3. The molecule has 5 atom stereocenters. The minimum atomic E-state index is -1.64. The molecule has 1 saturated carbocycles. The molecular formula is C37H33N3O4. The van der Waals surface area contributed by atoms with Gasteiger partial charge in [0.1, 0.15) is 0 Å². The maximum absolute atomic E-state index is 14.2. The number of carbonyl (C=O) groups excluding carboxylic acids is 2.